The van der Waals surface area contributed by atoms with Gasteiger partial charge in [-0.3, -0.25) is 19.2 Å². The van der Waals surface area contributed by atoms with Gasteiger partial charge in [-0.25, -0.2) is 0 Å². The average Bonchev–Trinajstić information content (AvgIpc) is 2.70. The summed E-state index contributed by atoms with van der Waals surface area (Å²) in [4.78, 5) is 45.5. The Balaban J connectivity index is 2.15. The van der Waals surface area contributed by atoms with Crippen LogP contribution in [0.15, 0.2) is 36.4 Å². The molecule has 0 aliphatic carbocycles. The van der Waals surface area contributed by atoms with Crippen molar-refractivity contribution in [3.05, 3.63) is 47.5 Å². The standard InChI is InChI=1S/C26H30O8/c1-15(11-21-7-9-23(31-17(3)27)25(13-21)33-19(5)29)16(2)12-22-8-10-24(32-18(4)28)26(14-22)34-20(6)30/h7-10,13-16H,11-12H2,1-6H3/t15-,16-/m0/s1. The lowest BCUT2D eigenvalue weighted by molar-refractivity contribution is -0.134. The van der Waals surface area contributed by atoms with Crippen molar-refractivity contribution in [3.63, 3.8) is 0 Å². The number of hydrogen-bond acceptors (Lipinski definition) is 8. The number of carbonyl (C=O) groups excluding carboxylic acids is 4. The number of carbonyl (C=O) groups is 4. The van der Waals surface area contributed by atoms with E-state index in [2.05, 4.69) is 13.8 Å². The number of benzene rings is 2. The monoisotopic (exact) mass is 470 g/mol. The van der Waals surface area contributed by atoms with Crippen LogP contribution in [0.4, 0.5) is 0 Å². The maximum absolute atomic E-state index is 11.5. The summed E-state index contributed by atoms with van der Waals surface area (Å²) in [5.74, 6) is -0.770. The van der Waals surface area contributed by atoms with Gasteiger partial charge in [0.1, 0.15) is 0 Å². The van der Waals surface area contributed by atoms with Crippen molar-refractivity contribution in [3.8, 4) is 23.0 Å². The van der Waals surface area contributed by atoms with E-state index >= 15 is 0 Å². The van der Waals surface area contributed by atoms with Crippen LogP contribution in [-0.2, 0) is 32.0 Å². The fourth-order valence-electron chi connectivity index (χ4n) is 3.45. The summed E-state index contributed by atoms with van der Waals surface area (Å²) >= 11 is 0. The van der Waals surface area contributed by atoms with Crippen LogP contribution in [0.3, 0.4) is 0 Å². The van der Waals surface area contributed by atoms with Gasteiger partial charge >= 0.3 is 23.9 Å². The van der Waals surface area contributed by atoms with E-state index in [0.717, 1.165) is 11.1 Å². The molecule has 0 N–H and O–H groups in total. The molecule has 8 nitrogen and oxygen atoms in total. The first-order valence-electron chi connectivity index (χ1n) is 10.9. The quantitative estimate of drug-likeness (QED) is 0.391. The summed E-state index contributed by atoms with van der Waals surface area (Å²) in [6, 6.07) is 10.3. The van der Waals surface area contributed by atoms with Gasteiger partial charge in [-0.1, -0.05) is 26.0 Å². The van der Waals surface area contributed by atoms with Gasteiger partial charge in [0.15, 0.2) is 23.0 Å². The van der Waals surface area contributed by atoms with E-state index in [1.807, 2.05) is 12.1 Å². The van der Waals surface area contributed by atoms with Crippen molar-refractivity contribution in [2.24, 2.45) is 11.8 Å². The number of hydrogen-bond donors (Lipinski definition) is 0. The normalized spacial score (nSPS) is 12.3. The van der Waals surface area contributed by atoms with Gasteiger partial charge in [0.2, 0.25) is 0 Å². The summed E-state index contributed by atoms with van der Waals surface area (Å²) in [5.41, 5.74) is 1.86. The fraction of sp³-hybridized carbons (Fsp3) is 0.385. The number of ether oxygens (including phenoxy) is 4. The lowest BCUT2D eigenvalue weighted by Crippen LogP contribution is -2.14. The lowest BCUT2D eigenvalue weighted by Gasteiger charge is -2.21. The van der Waals surface area contributed by atoms with Crippen LogP contribution in [0.5, 0.6) is 23.0 Å². The molecule has 0 fully saturated rings. The third-order valence-corrected chi connectivity index (χ3v) is 5.12. The van der Waals surface area contributed by atoms with Gasteiger partial charge < -0.3 is 18.9 Å². The molecule has 2 aromatic carbocycles. The third-order valence-electron chi connectivity index (χ3n) is 5.12. The van der Waals surface area contributed by atoms with Crippen molar-refractivity contribution >= 4 is 23.9 Å². The summed E-state index contributed by atoms with van der Waals surface area (Å²) in [6.07, 6.45) is 1.39. The summed E-state index contributed by atoms with van der Waals surface area (Å²) < 4.78 is 20.7. The van der Waals surface area contributed by atoms with Crippen molar-refractivity contribution in [2.75, 3.05) is 0 Å². The van der Waals surface area contributed by atoms with Crippen LogP contribution >= 0.6 is 0 Å². The van der Waals surface area contributed by atoms with Gasteiger partial charge in [0.25, 0.3) is 0 Å². The molecule has 0 radical (unpaired) electrons. The molecule has 0 aliphatic heterocycles. The molecule has 182 valence electrons. The van der Waals surface area contributed by atoms with E-state index in [1.165, 1.54) is 27.7 Å². The Morgan fingerprint density at radius 2 is 0.853 bits per heavy atom. The largest absolute Gasteiger partial charge is 0.423 e. The second-order valence-corrected chi connectivity index (χ2v) is 8.30. The molecule has 0 saturated heterocycles. The Labute approximate surface area is 199 Å². The topological polar surface area (TPSA) is 105 Å². The Kier molecular flexibility index (Phi) is 9.36. The van der Waals surface area contributed by atoms with Gasteiger partial charge in [0.05, 0.1) is 0 Å². The zero-order valence-electron chi connectivity index (χ0n) is 20.3. The van der Waals surface area contributed by atoms with Crippen molar-refractivity contribution in [1.29, 1.82) is 0 Å². The SMILES string of the molecule is CC(=O)Oc1ccc(C[C@H](C)[C@@H](C)Cc2ccc(OC(C)=O)c(OC(C)=O)c2)cc1OC(C)=O. The zero-order chi connectivity index (χ0) is 25.4. The molecule has 0 amide bonds. The molecule has 2 atom stereocenters. The van der Waals surface area contributed by atoms with E-state index in [-0.39, 0.29) is 34.8 Å². The molecule has 0 unspecified atom stereocenters. The summed E-state index contributed by atoms with van der Waals surface area (Å²) in [7, 11) is 0. The Hall–Kier alpha value is -3.68. The molecule has 0 bridgehead atoms. The first-order valence-corrected chi connectivity index (χ1v) is 10.9. The molecule has 0 spiro atoms. The van der Waals surface area contributed by atoms with Gasteiger partial charge in [0, 0.05) is 27.7 Å². The Morgan fingerprint density at radius 3 is 1.15 bits per heavy atom. The predicted molar refractivity (Wildman–Crippen MR) is 124 cm³/mol. The molecule has 34 heavy (non-hydrogen) atoms. The van der Waals surface area contributed by atoms with E-state index in [9.17, 15) is 19.2 Å². The van der Waals surface area contributed by atoms with Gasteiger partial charge in [-0.2, -0.15) is 0 Å². The smallest absolute Gasteiger partial charge is 0.308 e. The van der Waals surface area contributed by atoms with Crippen molar-refractivity contribution in [2.45, 2.75) is 54.4 Å². The fourth-order valence-corrected chi connectivity index (χ4v) is 3.45. The zero-order valence-corrected chi connectivity index (χ0v) is 20.3. The maximum Gasteiger partial charge on any atom is 0.308 e. The Morgan fingerprint density at radius 1 is 0.559 bits per heavy atom. The van der Waals surface area contributed by atoms with Crippen LogP contribution in [0.25, 0.3) is 0 Å². The summed E-state index contributed by atoms with van der Waals surface area (Å²) in [5, 5.41) is 0. The first-order chi connectivity index (χ1) is 15.9. The number of rotatable bonds is 9. The summed E-state index contributed by atoms with van der Waals surface area (Å²) in [6.45, 7) is 9.34. The molecular formula is C26H30O8. The molecule has 0 heterocycles. The van der Waals surface area contributed by atoms with Crippen LogP contribution in [0.2, 0.25) is 0 Å². The maximum atomic E-state index is 11.5. The van der Waals surface area contributed by atoms with Crippen molar-refractivity contribution < 1.29 is 38.1 Å². The molecule has 0 aliphatic rings. The minimum atomic E-state index is -0.507. The molecule has 0 saturated carbocycles. The lowest BCUT2D eigenvalue weighted by atomic mass is 9.85. The van der Waals surface area contributed by atoms with Crippen molar-refractivity contribution in [1.82, 2.24) is 0 Å². The van der Waals surface area contributed by atoms with E-state index in [0.29, 0.717) is 12.8 Å². The van der Waals surface area contributed by atoms with E-state index in [1.54, 1.807) is 24.3 Å². The molecular weight excluding hydrogens is 440 g/mol. The molecule has 2 rings (SSSR count). The highest BCUT2D eigenvalue weighted by Crippen LogP contribution is 2.33. The van der Waals surface area contributed by atoms with Crippen LogP contribution in [0, 0.1) is 11.8 Å². The molecule has 0 aromatic heterocycles. The Bertz CT molecular complexity index is 987. The highest BCUT2D eigenvalue weighted by atomic mass is 16.6. The highest BCUT2D eigenvalue weighted by Gasteiger charge is 2.18. The van der Waals surface area contributed by atoms with Crippen LogP contribution in [0.1, 0.15) is 52.7 Å². The number of esters is 4. The first kappa shape index (κ1) is 26.6. The minimum Gasteiger partial charge on any atom is -0.423 e. The van der Waals surface area contributed by atoms with E-state index < -0.39 is 23.9 Å². The van der Waals surface area contributed by atoms with Crippen LogP contribution < -0.4 is 18.9 Å². The predicted octanol–water partition coefficient (Wildman–Crippen LogP) is 4.45. The average molecular weight is 471 g/mol. The van der Waals surface area contributed by atoms with Gasteiger partial charge in [-0.15, -0.1) is 0 Å². The molecule has 8 heteroatoms. The van der Waals surface area contributed by atoms with Crippen LogP contribution in [-0.4, -0.2) is 23.9 Å². The van der Waals surface area contributed by atoms with E-state index in [4.69, 9.17) is 18.9 Å². The highest BCUT2D eigenvalue weighted by molar-refractivity contribution is 5.74. The van der Waals surface area contributed by atoms with Gasteiger partial charge in [-0.05, 0) is 60.1 Å². The third kappa shape index (κ3) is 8.35. The second kappa shape index (κ2) is 12.0. The second-order valence-electron chi connectivity index (χ2n) is 8.30. The minimum absolute atomic E-state index is 0.193. The molecule has 2 aromatic rings.